The molecular formula is C7H12ClF2NO2S. The Balaban J connectivity index is 2.34. The maximum atomic E-state index is 11.9. The average Bonchev–Trinajstić information content (AvgIpc) is 2.48. The van der Waals surface area contributed by atoms with Crippen molar-refractivity contribution in [2.24, 2.45) is 5.92 Å². The average molecular weight is 248 g/mol. The van der Waals surface area contributed by atoms with Gasteiger partial charge in [0.2, 0.25) is 0 Å². The minimum Gasteiger partial charge on any atom is -0.210 e. The van der Waals surface area contributed by atoms with E-state index in [1.807, 2.05) is 4.72 Å². The predicted molar refractivity (Wildman–Crippen MR) is 49.9 cm³/mol. The molecule has 14 heavy (non-hydrogen) atoms. The van der Waals surface area contributed by atoms with Gasteiger partial charge in [0.1, 0.15) is 0 Å². The molecule has 1 aliphatic rings. The van der Waals surface area contributed by atoms with Crippen LogP contribution >= 0.6 is 11.6 Å². The zero-order chi connectivity index (χ0) is 10.8. The normalized spacial score (nSPS) is 28.6. The molecule has 1 fully saturated rings. The first kappa shape index (κ1) is 12.1. The smallest absolute Gasteiger partial charge is 0.210 e. The molecule has 3 nitrogen and oxygen atoms in total. The van der Waals surface area contributed by atoms with Crippen LogP contribution in [0.3, 0.4) is 0 Å². The Labute approximate surface area is 86.9 Å². The first-order chi connectivity index (χ1) is 6.42. The summed E-state index contributed by atoms with van der Waals surface area (Å²) in [5.74, 6) is -3.26. The summed E-state index contributed by atoms with van der Waals surface area (Å²) in [6.07, 6.45) is 2.30. The third-order valence-corrected chi connectivity index (χ3v) is 3.72. The van der Waals surface area contributed by atoms with E-state index < -0.39 is 15.8 Å². The van der Waals surface area contributed by atoms with Gasteiger partial charge in [-0.1, -0.05) is 0 Å². The van der Waals surface area contributed by atoms with Crippen LogP contribution < -0.4 is 4.72 Å². The summed E-state index contributed by atoms with van der Waals surface area (Å²) in [5, 5.41) is 0.0519. The highest BCUT2D eigenvalue weighted by Crippen LogP contribution is 2.28. The van der Waals surface area contributed by atoms with Crippen molar-refractivity contribution < 1.29 is 17.2 Å². The fourth-order valence-corrected chi connectivity index (χ4v) is 2.47. The molecule has 1 saturated carbocycles. The third kappa shape index (κ3) is 3.33. The van der Waals surface area contributed by atoms with Crippen LogP contribution in [0.1, 0.15) is 19.3 Å². The topological polar surface area (TPSA) is 46.2 Å². The van der Waals surface area contributed by atoms with Crippen molar-refractivity contribution in [3.8, 4) is 0 Å². The zero-order valence-electron chi connectivity index (χ0n) is 7.42. The molecular weight excluding hydrogens is 236 g/mol. The zero-order valence-corrected chi connectivity index (χ0v) is 8.99. The predicted octanol–water partition coefficient (Wildman–Crippen LogP) is 1.54. The van der Waals surface area contributed by atoms with Crippen LogP contribution in [0.2, 0.25) is 0 Å². The minimum absolute atomic E-state index is 0.0519. The van der Waals surface area contributed by atoms with Crippen molar-refractivity contribution in [2.75, 3.05) is 6.54 Å². The van der Waals surface area contributed by atoms with E-state index in [0.717, 1.165) is 12.8 Å². The largest absolute Gasteiger partial charge is 0.350 e. The number of alkyl halides is 3. The molecule has 0 aromatic heterocycles. The van der Waals surface area contributed by atoms with Gasteiger partial charge in [0.25, 0.3) is 10.0 Å². The summed E-state index contributed by atoms with van der Waals surface area (Å²) in [6, 6.07) is 0. The molecule has 0 radical (unpaired) electrons. The molecule has 0 aromatic carbocycles. The summed E-state index contributed by atoms with van der Waals surface area (Å²) < 4.78 is 47.0. The van der Waals surface area contributed by atoms with Gasteiger partial charge < -0.3 is 0 Å². The fourth-order valence-electron chi connectivity index (χ4n) is 1.50. The van der Waals surface area contributed by atoms with E-state index in [4.69, 9.17) is 11.6 Å². The monoisotopic (exact) mass is 247 g/mol. The van der Waals surface area contributed by atoms with Gasteiger partial charge in [0.15, 0.2) is 0 Å². The Bertz CT molecular complexity index is 283. The van der Waals surface area contributed by atoms with Crippen molar-refractivity contribution >= 4 is 21.6 Å². The lowest BCUT2D eigenvalue weighted by atomic mass is 10.1. The molecule has 0 spiro atoms. The lowest BCUT2D eigenvalue weighted by molar-refractivity contribution is 0.232. The Morgan fingerprint density at radius 3 is 2.50 bits per heavy atom. The quantitative estimate of drug-likeness (QED) is 0.766. The van der Waals surface area contributed by atoms with Crippen LogP contribution in [-0.4, -0.2) is 26.1 Å². The molecule has 84 valence electrons. The second kappa shape index (κ2) is 4.72. The van der Waals surface area contributed by atoms with Crippen molar-refractivity contribution in [1.29, 1.82) is 0 Å². The van der Waals surface area contributed by atoms with Crippen molar-refractivity contribution in [3.63, 3.8) is 0 Å². The molecule has 7 heteroatoms. The van der Waals surface area contributed by atoms with Gasteiger partial charge >= 0.3 is 5.76 Å². The van der Waals surface area contributed by atoms with Crippen LogP contribution in [0.5, 0.6) is 0 Å². The molecule has 0 bridgehead atoms. The van der Waals surface area contributed by atoms with Gasteiger partial charge in [0.05, 0.1) is 0 Å². The minimum atomic E-state index is -4.43. The summed E-state index contributed by atoms with van der Waals surface area (Å²) in [4.78, 5) is 0. The first-order valence-electron chi connectivity index (χ1n) is 4.32. The van der Waals surface area contributed by atoms with Gasteiger partial charge in [-0.2, -0.15) is 8.78 Å². The Morgan fingerprint density at radius 1 is 1.43 bits per heavy atom. The van der Waals surface area contributed by atoms with Crippen LogP contribution in [-0.2, 0) is 10.0 Å². The molecule has 0 amide bonds. The molecule has 2 atom stereocenters. The number of sulfonamides is 1. The van der Waals surface area contributed by atoms with Crippen LogP contribution in [0.15, 0.2) is 0 Å². The maximum Gasteiger partial charge on any atom is 0.350 e. The molecule has 0 saturated heterocycles. The number of rotatable bonds is 4. The maximum absolute atomic E-state index is 11.9. The lowest BCUT2D eigenvalue weighted by Crippen LogP contribution is -2.33. The first-order valence-corrected chi connectivity index (χ1v) is 6.31. The summed E-state index contributed by atoms with van der Waals surface area (Å²) in [7, 11) is -4.43. The number of nitrogens with one attached hydrogen (secondary N) is 1. The standard InChI is InChI=1S/C7H12ClF2NO2S/c8-6-2-1-5(3-6)4-11-14(12,13)7(9)10/h5-7,11H,1-4H2. The fraction of sp³-hybridized carbons (Fsp3) is 1.00. The second-order valence-electron chi connectivity index (χ2n) is 3.43. The van der Waals surface area contributed by atoms with Gasteiger partial charge in [-0.15, -0.1) is 11.6 Å². The van der Waals surface area contributed by atoms with Gasteiger partial charge in [-0.3, -0.25) is 0 Å². The number of halogens is 3. The molecule has 1 aliphatic carbocycles. The Morgan fingerprint density at radius 2 is 2.07 bits per heavy atom. The van der Waals surface area contributed by atoms with E-state index in [2.05, 4.69) is 0 Å². The lowest BCUT2D eigenvalue weighted by Gasteiger charge is -2.10. The summed E-state index contributed by atoms with van der Waals surface area (Å²) in [5.41, 5.74) is 0. The van der Waals surface area contributed by atoms with E-state index in [1.54, 1.807) is 0 Å². The van der Waals surface area contributed by atoms with Crippen LogP contribution in [0, 0.1) is 5.92 Å². The number of hydrogen-bond acceptors (Lipinski definition) is 2. The molecule has 0 aromatic rings. The van der Waals surface area contributed by atoms with E-state index >= 15 is 0 Å². The molecule has 0 heterocycles. The van der Waals surface area contributed by atoms with Crippen molar-refractivity contribution in [2.45, 2.75) is 30.4 Å². The summed E-state index contributed by atoms with van der Waals surface area (Å²) >= 11 is 5.79. The van der Waals surface area contributed by atoms with Crippen molar-refractivity contribution in [3.05, 3.63) is 0 Å². The van der Waals surface area contributed by atoms with Crippen LogP contribution in [0.25, 0.3) is 0 Å². The van der Waals surface area contributed by atoms with E-state index in [0.29, 0.717) is 6.42 Å². The number of hydrogen-bond donors (Lipinski definition) is 1. The second-order valence-corrected chi connectivity index (χ2v) is 5.78. The highest BCUT2D eigenvalue weighted by atomic mass is 35.5. The van der Waals surface area contributed by atoms with Gasteiger partial charge in [-0.05, 0) is 25.2 Å². The third-order valence-electron chi connectivity index (χ3n) is 2.28. The van der Waals surface area contributed by atoms with E-state index in [1.165, 1.54) is 0 Å². The van der Waals surface area contributed by atoms with E-state index in [9.17, 15) is 17.2 Å². The van der Waals surface area contributed by atoms with E-state index in [-0.39, 0.29) is 17.8 Å². The Kier molecular flexibility index (Phi) is 4.09. The summed E-state index contributed by atoms with van der Waals surface area (Å²) in [6.45, 7) is 0.0654. The molecule has 0 aliphatic heterocycles. The Hall–Kier alpha value is 0.0600. The van der Waals surface area contributed by atoms with Crippen LogP contribution in [0.4, 0.5) is 8.78 Å². The van der Waals surface area contributed by atoms with Crippen molar-refractivity contribution in [1.82, 2.24) is 4.72 Å². The molecule has 2 unspecified atom stereocenters. The molecule has 1 rings (SSSR count). The molecule has 1 N–H and O–H groups in total. The SMILES string of the molecule is O=S(=O)(NCC1CCC(Cl)C1)C(F)F. The highest BCUT2D eigenvalue weighted by Gasteiger charge is 2.27. The highest BCUT2D eigenvalue weighted by molar-refractivity contribution is 7.89. The van der Waals surface area contributed by atoms with Gasteiger partial charge in [-0.25, -0.2) is 13.1 Å². The van der Waals surface area contributed by atoms with Gasteiger partial charge in [0, 0.05) is 11.9 Å².